The first-order valence-electron chi connectivity index (χ1n) is 4.47. The molecule has 0 amide bonds. The summed E-state index contributed by atoms with van der Waals surface area (Å²) in [6.07, 6.45) is 2.98. The first kappa shape index (κ1) is 10.1. The number of hydrogen-bond donors (Lipinski definition) is 0. The molecule has 0 aliphatic carbocycles. The Kier molecular flexibility index (Phi) is 4.34. The Bertz CT molecular complexity index is 218. The number of methoxy groups -OCH3 is 1. The summed E-state index contributed by atoms with van der Waals surface area (Å²) < 4.78 is 9.68. The van der Waals surface area contributed by atoms with Crippen molar-refractivity contribution in [2.45, 2.75) is 19.3 Å². The summed E-state index contributed by atoms with van der Waals surface area (Å²) >= 11 is 0. The zero-order valence-corrected chi connectivity index (χ0v) is 7.84. The predicted molar refractivity (Wildman–Crippen MR) is 48.0 cm³/mol. The average Bonchev–Trinajstić information content (AvgIpc) is 2.19. The van der Waals surface area contributed by atoms with Crippen LogP contribution < -0.4 is 0 Å². The molecule has 1 aliphatic heterocycles. The number of rotatable bonds is 1. The van der Waals surface area contributed by atoms with Crippen LogP contribution in [0.5, 0.6) is 0 Å². The molecule has 0 aromatic heterocycles. The highest BCUT2D eigenvalue weighted by atomic mass is 16.5. The van der Waals surface area contributed by atoms with Crippen LogP contribution in [-0.2, 0) is 14.3 Å². The number of carbonyl (C=O) groups excluding carboxylic acids is 1. The molecule has 1 heterocycles. The number of ether oxygens (including phenoxy) is 2. The average molecular weight is 182 g/mol. The van der Waals surface area contributed by atoms with Crippen molar-refractivity contribution >= 4 is 5.97 Å². The molecule has 1 atom stereocenters. The van der Waals surface area contributed by atoms with E-state index in [1.54, 1.807) is 0 Å². The number of esters is 1. The molecule has 3 heteroatoms. The van der Waals surface area contributed by atoms with Gasteiger partial charge in [0.05, 0.1) is 13.7 Å². The van der Waals surface area contributed by atoms with Gasteiger partial charge in [0.15, 0.2) is 0 Å². The van der Waals surface area contributed by atoms with Gasteiger partial charge in [0.2, 0.25) is 0 Å². The second kappa shape index (κ2) is 5.60. The largest absolute Gasteiger partial charge is 0.459 e. The fraction of sp³-hybridized carbons (Fsp3) is 0.700. The van der Waals surface area contributed by atoms with Gasteiger partial charge >= 0.3 is 5.97 Å². The van der Waals surface area contributed by atoms with Gasteiger partial charge in [-0.25, -0.2) is 4.79 Å². The Morgan fingerprint density at radius 1 is 1.69 bits per heavy atom. The molecule has 72 valence electrons. The van der Waals surface area contributed by atoms with Gasteiger partial charge in [-0.3, -0.25) is 0 Å². The number of carbonyl (C=O) groups is 1. The van der Waals surface area contributed by atoms with E-state index < -0.39 is 5.97 Å². The Morgan fingerprint density at radius 2 is 2.54 bits per heavy atom. The van der Waals surface area contributed by atoms with Gasteiger partial charge < -0.3 is 9.47 Å². The van der Waals surface area contributed by atoms with Crippen LogP contribution in [0.2, 0.25) is 0 Å². The number of hydrogen-bond acceptors (Lipinski definition) is 3. The van der Waals surface area contributed by atoms with Crippen molar-refractivity contribution in [1.82, 2.24) is 0 Å². The summed E-state index contributed by atoms with van der Waals surface area (Å²) in [5.74, 6) is 5.24. The van der Waals surface area contributed by atoms with Gasteiger partial charge in [-0.05, 0) is 18.8 Å². The third-order valence-electron chi connectivity index (χ3n) is 2.02. The molecule has 0 aromatic carbocycles. The molecular weight excluding hydrogens is 168 g/mol. The lowest BCUT2D eigenvalue weighted by Gasteiger charge is -2.19. The summed E-state index contributed by atoms with van der Waals surface area (Å²) in [7, 11) is 1.33. The molecular formula is C10H14O3. The van der Waals surface area contributed by atoms with Crippen LogP contribution in [0, 0.1) is 17.8 Å². The van der Waals surface area contributed by atoms with Crippen molar-refractivity contribution in [2.75, 3.05) is 20.3 Å². The van der Waals surface area contributed by atoms with Crippen molar-refractivity contribution in [1.29, 1.82) is 0 Å². The maximum absolute atomic E-state index is 10.6. The molecule has 0 N–H and O–H groups in total. The van der Waals surface area contributed by atoms with Crippen molar-refractivity contribution in [3.8, 4) is 11.8 Å². The minimum Gasteiger partial charge on any atom is -0.459 e. The minimum atomic E-state index is -0.461. The monoisotopic (exact) mass is 182 g/mol. The van der Waals surface area contributed by atoms with Crippen LogP contribution in [0.15, 0.2) is 0 Å². The van der Waals surface area contributed by atoms with Crippen LogP contribution in [0.3, 0.4) is 0 Å². The fourth-order valence-corrected chi connectivity index (χ4v) is 1.29. The zero-order valence-electron chi connectivity index (χ0n) is 7.84. The summed E-state index contributed by atoms with van der Waals surface area (Å²) in [4.78, 5) is 10.6. The maximum Gasteiger partial charge on any atom is 0.384 e. The van der Waals surface area contributed by atoms with E-state index in [4.69, 9.17) is 4.74 Å². The molecule has 13 heavy (non-hydrogen) atoms. The minimum absolute atomic E-state index is 0.461. The van der Waals surface area contributed by atoms with Gasteiger partial charge in [-0.15, -0.1) is 0 Å². The van der Waals surface area contributed by atoms with E-state index in [-0.39, 0.29) is 0 Å². The van der Waals surface area contributed by atoms with Crippen molar-refractivity contribution in [3.63, 3.8) is 0 Å². The molecule has 1 rings (SSSR count). The van der Waals surface area contributed by atoms with Gasteiger partial charge in [-0.1, -0.05) is 5.92 Å². The lowest BCUT2D eigenvalue weighted by molar-refractivity contribution is -0.133. The normalized spacial score (nSPS) is 21.5. The standard InChI is InChI=1S/C10H14O3/c1-12-10(11)6-2-4-9-5-3-7-13-8-9/h9H,3-5,7-8H2,1H3. The predicted octanol–water partition coefficient (Wildman–Crippen LogP) is 0.979. The lowest BCUT2D eigenvalue weighted by Crippen LogP contribution is -2.16. The van der Waals surface area contributed by atoms with Crippen LogP contribution in [-0.4, -0.2) is 26.3 Å². The fourth-order valence-electron chi connectivity index (χ4n) is 1.29. The quantitative estimate of drug-likeness (QED) is 0.344. The van der Waals surface area contributed by atoms with E-state index in [0.717, 1.165) is 32.5 Å². The highest BCUT2D eigenvalue weighted by molar-refractivity contribution is 5.88. The first-order valence-corrected chi connectivity index (χ1v) is 4.47. The SMILES string of the molecule is COC(=O)C#CCC1CCCOC1. The molecule has 1 aliphatic rings. The Morgan fingerprint density at radius 3 is 3.15 bits per heavy atom. The molecule has 0 saturated carbocycles. The lowest BCUT2D eigenvalue weighted by atomic mass is 9.99. The Hall–Kier alpha value is -1.01. The van der Waals surface area contributed by atoms with E-state index in [2.05, 4.69) is 16.6 Å². The van der Waals surface area contributed by atoms with E-state index >= 15 is 0 Å². The Balaban J connectivity index is 2.22. The molecule has 0 radical (unpaired) electrons. The summed E-state index contributed by atoms with van der Waals surface area (Å²) in [5, 5.41) is 0. The third kappa shape index (κ3) is 3.95. The molecule has 0 spiro atoms. The highest BCUT2D eigenvalue weighted by Gasteiger charge is 2.11. The smallest absolute Gasteiger partial charge is 0.384 e. The summed E-state index contributed by atoms with van der Waals surface area (Å²) in [5.41, 5.74) is 0. The summed E-state index contributed by atoms with van der Waals surface area (Å²) in [6, 6.07) is 0. The second-order valence-corrected chi connectivity index (χ2v) is 3.08. The van der Waals surface area contributed by atoms with Crippen LogP contribution >= 0.6 is 0 Å². The molecule has 1 saturated heterocycles. The van der Waals surface area contributed by atoms with Gasteiger partial charge in [0.1, 0.15) is 0 Å². The highest BCUT2D eigenvalue weighted by Crippen LogP contribution is 2.15. The molecule has 3 nitrogen and oxygen atoms in total. The van der Waals surface area contributed by atoms with Gasteiger partial charge in [0, 0.05) is 18.9 Å². The van der Waals surface area contributed by atoms with Crippen molar-refractivity contribution in [3.05, 3.63) is 0 Å². The molecule has 0 aromatic rings. The molecule has 1 fully saturated rings. The van der Waals surface area contributed by atoms with Crippen molar-refractivity contribution < 1.29 is 14.3 Å². The third-order valence-corrected chi connectivity index (χ3v) is 2.02. The van der Waals surface area contributed by atoms with E-state index in [1.165, 1.54) is 7.11 Å². The van der Waals surface area contributed by atoms with Gasteiger partial charge in [0.25, 0.3) is 0 Å². The van der Waals surface area contributed by atoms with Crippen LogP contribution in [0.4, 0.5) is 0 Å². The zero-order chi connectivity index (χ0) is 9.52. The second-order valence-electron chi connectivity index (χ2n) is 3.08. The van der Waals surface area contributed by atoms with Crippen molar-refractivity contribution in [2.24, 2.45) is 5.92 Å². The first-order chi connectivity index (χ1) is 6.33. The maximum atomic E-state index is 10.6. The van der Waals surface area contributed by atoms with E-state index in [0.29, 0.717) is 5.92 Å². The Labute approximate surface area is 78.4 Å². The summed E-state index contributed by atoms with van der Waals surface area (Å²) in [6.45, 7) is 1.64. The van der Waals surface area contributed by atoms with E-state index in [1.807, 2.05) is 0 Å². The van der Waals surface area contributed by atoms with E-state index in [9.17, 15) is 4.79 Å². The van der Waals surface area contributed by atoms with Crippen LogP contribution in [0.25, 0.3) is 0 Å². The van der Waals surface area contributed by atoms with Gasteiger partial charge in [-0.2, -0.15) is 0 Å². The topological polar surface area (TPSA) is 35.5 Å². The van der Waals surface area contributed by atoms with Crippen LogP contribution in [0.1, 0.15) is 19.3 Å². The molecule has 1 unspecified atom stereocenters. The molecule has 0 bridgehead atoms.